The second-order valence-electron chi connectivity index (χ2n) is 9.24. The number of hydrogen-bond donors (Lipinski definition) is 0. The molecule has 2 fully saturated rings. The van der Waals surface area contributed by atoms with E-state index < -0.39 is 11.7 Å². The minimum Gasteiger partial charge on any atom is -0.454 e. The Morgan fingerprint density at radius 3 is 2.56 bits per heavy atom. The molecular formula is C25H26F3N3O3. The molecule has 0 N–H and O–H groups in total. The van der Waals surface area contributed by atoms with Crippen molar-refractivity contribution < 1.29 is 27.4 Å². The number of hydrogen-bond acceptors (Lipinski definition) is 5. The van der Waals surface area contributed by atoms with Crippen molar-refractivity contribution in [3.63, 3.8) is 0 Å². The molecule has 34 heavy (non-hydrogen) atoms. The van der Waals surface area contributed by atoms with Crippen LogP contribution in [0, 0.1) is 0 Å². The van der Waals surface area contributed by atoms with Gasteiger partial charge in [0.25, 0.3) is 0 Å². The molecule has 9 heteroatoms. The van der Waals surface area contributed by atoms with Crippen molar-refractivity contribution in [1.29, 1.82) is 0 Å². The lowest BCUT2D eigenvalue weighted by atomic mass is 10.0. The van der Waals surface area contributed by atoms with E-state index in [4.69, 9.17) is 14.2 Å². The Morgan fingerprint density at radius 2 is 1.79 bits per heavy atom. The van der Waals surface area contributed by atoms with E-state index >= 15 is 0 Å². The average Bonchev–Trinajstić information content (AvgIpc) is 3.57. The van der Waals surface area contributed by atoms with Gasteiger partial charge in [-0.15, -0.1) is 0 Å². The molecule has 180 valence electrons. The number of alkyl halides is 3. The summed E-state index contributed by atoms with van der Waals surface area (Å²) in [7, 11) is 0. The molecule has 2 saturated heterocycles. The first kappa shape index (κ1) is 21.7. The number of rotatable bonds is 4. The largest absolute Gasteiger partial charge is 0.454 e. The maximum Gasteiger partial charge on any atom is 0.416 e. The number of ether oxygens (including phenoxy) is 3. The van der Waals surface area contributed by atoms with Gasteiger partial charge in [-0.3, -0.25) is 4.90 Å². The van der Waals surface area contributed by atoms with Gasteiger partial charge in [0.15, 0.2) is 11.5 Å². The molecule has 0 bridgehead atoms. The first-order chi connectivity index (χ1) is 16.5. The summed E-state index contributed by atoms with van der Waals surface area (Å²) in [5.74, 6) is 2.34. The van der Waals surface area contributed by atoms with Crippen LogP contribution in [0.25, 0.3) is 11.0 Å². The van der Waals surface area contributed by atoms with Gasteiger partial charge in [-0.05, 0) is 61.6 Å². The highest BCUT2D eigenvalue weighted by Gasteiger charge is 2.33. The number of benzene rings is 2. The van der Waals surface area contributed by atoms with Gasteiger partial charge in [0.1, 0.15) is 11.9 Å². The first-order valence-corrected chi connectivity index (χ1v) is 11.8. The van der Waals surface area contributed by atoms with Gasteiger partial charge in [-0.25, -0.2) is 4.98 Å². The van der Waals surface area contributed by atoms with E-state index in [-0.39, 0.29) is 18.9 Å². The quantitative estimate of drug-likeness (QED) is 0.503. The Kier molecular flexibility index (Phi) is 5.41. The van der Waals surface area contributed by atoms with E-state index in [9.17, 15) is 13.2 Å². The van der Waals surface area contributed by atoms with Gasteiger partial charge in [-0.2, -0.15) is 13.2 Å². The Hall–Kier alpha value is -2.78. The molecule has 3 aromatic rings. The molecule has 0 spiro atoms. The van der Waals surface area contributed by atoms with Crippen LogP contribution in [-0.4, -0.2) is 40.9 Å². The maximum absolute atomic E-state index is 13.3. The molecule has 6 nitrogen and oxygen atoms in total. The zero-order valence-corrected chi connectivity index (χ0v) is 18.7. The van der Waals surface area contributed by atoms with Crippen LogP contribution in [-0.2, 0) is 17.5 Å². The van der Waals surface area contributed by atoms with Gasteiger partial charge in [-0.1, -0.05) is 6.07 Å². The lowest BCUT2D eigenvalue weighted by Gasteiger charge is -2.34. The number of fused-ring (bicyclic) bond motifs is 2. The van der Waals surface area contributed by atoms with Gasteiger partial charge in [0.2, 0.25) is 6.79 Å². The zero-order valence-electron chi connectivity index (χ0n) is 18.7. The highest BCUT2D eigenvalue weighted by atomic mass is 19.4. The van der Waals surface area contributed by atoms with E-state index in [2.05, 4.69) is 20.5 Å². The van der Waals surface area contributed by atoms with Crippen molar-refractivity contribution in [2.75, 3.05) is 26.5 Å². The third-order valence-corrected chi connectivity index (χ3v) is 7.03. The second-order valence-corrected chi connectivity index (χ2v) is 9.24. The fraction of sp³-hybridized carbons (Fsp3) is 0.480. The van der Waals surface area contributed by atoms with E-state index in [1.54, 1.807) is 6.07 Å². The fourth-order valence-corrected chi connectivity index (χ4v) is 5.32. The lowest BCUT2D eigenvalue weighted by molar-refractivity contribution is -0.137. The third kappa shape index (κ3) is 4.01. The third-order valence-electron chi connectivity index (χ3n) is 7.03. The van der Waals surface area contributed by atoms with Crippen LogP contribution in [0.1, 0.15) is 54.8 Å². The van der Waals surface area contributed by atoms with Crippen molar-refractivity contribution in [2.45, 2.75) is 50.6 Å². The molecule has 3 aliphatic heterocycles. The number of piperidine rings is 1. The second kappa shape index (κ2) is 8.46. The number of halogens is 3. The van der Waals surface area contributed by atoms with E-state index in [1.807, 2.05) is 12.1 Å². The standard InChI is InChI=1S/C25H26F3N3O3/c26-25(27,28)17-4-5-20-19(13-17)29-24(22-2-1-11-32-22)31(20)18-7-9-30(10-8-18)14-16-3-6-21-23(12-16)34-15-33-21/h3-6,12-13,18,22H,1-2,7-11,14-15H2/t22-/m1/s1. The molecular weight excluding hydrogens is 447 g/mol. The summed E-state index contributed by atoms with van der Waals surface area (Å²) in [5.41, 5.74) is 1.66. The average molecular weight is 473 g/mol. The first-order valence-electron chi connectivity index (χ1n) is 11.8. The van der Waals surface area contributed by atoms with Crippen molar-refractivity contribution in [3.8, 4) is 11.5 Å². The molecule has 0 radical (unpaired) electrons. The van der Waals surface area contributed by atoms with Crippen LogP contribution in [0.2, 0.25) is 0 Å². The topological polar surface area (TPSA) is 48.8 Å². The molecule has 4 heterocycles. The molecule has 3 aliphatic rings. The van der Waals surface area contributed by atoms with Crippen LogP contribution in [0.15, 0.2) is 36.4 Å². The highest BCUT2D eigenvalue weighted by molar-refractivity contribution is 5.77. The van der Waals surface area contributed by atoms with Crippen molar-refractivity contribution in [1.82, 2.24) is 14.5 Å². The van der Waals surface area contributed by atoms with Gasteiger partial charge in [0.05, 0.1) is 16.6 Å². The molecule has 0 saturated carbocycles. The zero-order chi connectivity index (χ0) is 23.3. The highest BCUT2D eigenvalue weighted by Crippen LogP contribution is 2.38. The van der Waals surface area contributed by atoms with Crippen LogP contribution in [0.4, 0.5) is 13.2 Å². The van der Waals surface area contributed by atoms with Crippen LogP contribution >= 0.6 is 0 Å². The Balaban J connectivity index is 1.23. The van der Waals surface area contributed by atoms with Gasteiger partial charge >= 0.3 is 6.18 Å². The maximum atomic E-state index is 13.3. The predicted molar refractivity (Wildman–Crippen MR) is 119 cm³/mol. The number of imidazole rings is 1. The van der Waals surface area contributed by atoms with E-state index in [1.165, 1.54) is 11.6 Å². The summed E-state index contributed by atoms with van der Waals surface area (Å²) in [4.78, 5) is 7.07. The minimum absolute atomic E-state index is 0.159. The predicted octanol–water partition coefficient (Wildman–Crippen LogP) is 5.47. The fourth-order valence-electron chi connectivity index (χ4n) is 5.32. The summed E-state index contributed by atoms with van der Waals surface area (Å²) in [6.07, 6.45) is -0.961. The summed E-state index contributed by atoms with van der Waals surface area (Å²) in [6.45, 7) is 3.53. The van der Waals surface area contributed by atoms with Crippen LogP contribution in [0.5, 0.6) is 11.5 Å². The van der Waals surface area contributed by atoms with Gasteiger partial charge < -0.3 is 18.8 Å². The Bertz CT molecular complexity index is 1200. The summed E-state index contributed by atoms with van der Waals surface area (Å²) >= 11 is 0. The normalized spacial score (nSPS) is 21.6. The van der Waals surface area contributed by atoms with Crippen molar-refractivity contribution >= 4 is 11.0 Å². The molecule has 1 aromatic heterocycles. The Morgan fingerprint density at radius 1 is 0.971 bits per heavy atom. The number of nitrogens with zero attached hydrogens (tertiary/aromatic N) is 3. The smallest absolute Gasteiger partial charge is 0.416 e. The molecule has 1 atom stereocenters. The van der Waals surface area contributed by atoms with Crippen molar-refractivity contribution in [2.24, 2.45) is 0 Å². The monoisotopic (exact) mass is 473 g/mol. The Labute approximate surface area is 195 Å². The summed E-state index contributed by atoms with van der Waals surface area (Å²) in [5, 5.41) is 0. The van der Waals surface area contributed by atoms with Gasteiger partial charge in [0, 0.05) is 32.3 Å². The lowest BCUT2D eigenvalue weighted by Crippen LogP contribution is -2.34. The SMILES string of the molecule is FC(F)(F)c1ccc2c(c1)nc([C@H]1CCCO1)n2C1CCN(Cc2ccc3c(c2)OCO3)CC1. The number of likely N-dealkylation sites (tertiary alicyclic amines) is 1. The van der Waals surface area contributed by atoms with Crippen LogP contribution in [0.3, 0.4) is 0 Å². The molecule has 6 rings (SSSR count). The van der Waals surface area contributed by atoms with Crippen LogP contribution < -0.4 is 9.47 Å². The summed E-state index contributed by atoms with van der Waals surface area (Å²) < 4.78 is 58.8. The molecule has 2 aromatic carbocycles. The van der Waals surface area contributed by atoms with Crippen molar-refractivity contribution in [3.05, 3.63) is 53.3 Å². The minimum atomic E-state index is -4.39. The van der Waals surface area contributed by atoms with E-state index in [0.717, 1.165) is 74.2 Å². The molecule has 0 unspecified atom stereocenters. The molecule has 0 aliphatic carbocycles. The summed E-state index contributed by atoms with van der Waals surface area (Å²) in [6, 6.07) is 10.1. The van der Waals surface area contributed by atoms with E-state index in [0.29, 0.717) is 12.1 Å². The molecule has 0 amide bonds. The number of aromatic nitrogens is 2.